The maximum Gasteiger partial charge on any atom is 0.0190 e. The first-order valence-corrected chi connectivity index (χ1v) is 7.28. The Balaban J connectivity index is 2.39. The summed E-state index contributed by atoms with van der Waals surface area (Å²) in [6, 6.07) is 10.5. The zero-order chi connectivity index (χ0) is 14.1. The monoisotopic (exact) mass is 260 g/mol. The van der Waals surface area contributed by atoms with Crippen LogP contribution in [0.1, 0.15) is 26.3 Å². The highest BCUT2D eigenvalue weighted by Gasteiger charge is 2.03. The molecule has 106 valence electrons. The summed E-state index contributed by atoms with van der Waals surface area (Å²) in [6.45, 7) is 12.3. The van der Waals surface area contributed by atoms with E-state index in [0.717, 1.165) is 32.7 Å². The molecule has 0 heterocycles. The molecule has 1 rings (SSSR count). The molecule has 0 N–H and O–H groups in total. The summed E-state index contributed by atoms with van der Waals surface area (Å²) >= 11 is 0. The van der Waals surface area contributed by atoms with E-state index in [1.807, 2.05) is 0 Å². The third kappa shape index (κ3) is 6.55. The second-order valence-corrected chi connectivity index (χ2v) is 5.17. The van der Waals surface area contributed by atoms with Crippen molar-refractivity contribution in [3.8, 4) is 0 Å². The topological polar surface area (TPSA) is 6.48 Å². The van der Waals surface area contributed by atoms with Gasteiger partial charge in [0.15, 0.2) is 0 Å². The predicted molar refractivity (Wildman–Crippen MR) is 85.4 cm³/mol. The van der Waals surface area contributed by atoms with Crippen molar-refractivity contribution in [3.05, 3.63) is 41.5 Å². The van der Waals surface area contributed by atoms with E-state index in [2.05, 4.69) is 74.0 Å². The average Bonchev–Trinajstić information content (AvgIpc) is 2.40. The third-order valence-electron chi connectivity index (χ3n) is 3.42. The fourth-order valence-corrected chi connectivity index (χ4v) is 2.24. The van der Waals surface area contributed by atoms with Gasteiger partial charge >= 0.3 is 0 Å². The molecule has 19 heavy (non-hydrogen) atoms. The van der Waals surface area contributed by atoms with Crippen LogP contribution in [0.3, 0.4) is 0 Å². The average molecular weight is 260 g/mol. The van der Waals surface area contributed by atoms with Crippen molar-refractivity contribution in [1.29, 1.82) is 0 Å². The summed E-state index contributed by atoms with van der Waals surface area (Å²) in [4.78, 5) is 4.86. The molecule has 0 radical (unpaired) electrons. The lowest BCUT2D eigenvalue weighted by Gasteiger charge is -2.23. The molecule has 1 aromatic rings. The van der Waals surface area contributed by atoms with Crippen LogP contribution < -0.4 is 0 Å². The van der Waals surface area contributed by atoms with Crippen molar-refractivity contribution in [2.45, 2.75) is 20.8 Å². The zero-order valence-corrected chi connectivity index (χ0v) is 12.9. The Labute approximate surface area is 118 Å². The Bertz CT molecular complexity index is 366. The minimum Gasteiger partial charge on any atom is -0.303 e. The first-order chi connectivity index (χ1) is 9.15. The second-order valence-electron chi connectivity index (χ2n) is 5.17. The van der Waals surface area contributed by atoms with Crippen molar-refractivity contribution in [2.75, 3.05) is 39.8 Å². The molecular formula is C17H28N2. The summed E-state index contributed by atoms with van der Waals surface area (Å²) in [7, 11) is 2.20. The van der Waals surface area contributed by atoms with Gasteiger partial charge in [0.05, 0.1) is 0 Å². The van der Waals surface area contributed by atoms with Crippen molar-refractivity contribution < 1.29 is 0 Å². The van der Waals surface area contributed by atoms with E-state index >= 15 is 0 Å². The largest absolute Gasteiger partial charge is 0.303 e. The fraction of sp³-hybridized carbons (Fsp3) is 0.529. The van der Waals surface area contributed by atoms with Gasteiger partial charge in [-0.2, -0.15) is 0 Å². The van der Waals surface area contributed by atoms with Crippen LogP contribution in [0.5, 0.6) is 0 Å². The maximum atomic E-state index is 2.47. The van der Waals surface area contributed by atoms with E-state index in [1.165, 1.54) is 11.1 Å². The van der Waals surface area contributed by atoms with Crippen LogP contribution in [-0.4, -0.2) is 49.6 Å². The van der Waals surface area contributed by atoms with Crippen LogP contribution in [0.4, 0.5) is 0 Å². The number of rotatable bonds is 8. The highest BCUT2D eigenvalue weighted by Crippen LogP contribution is 2.07. The van der Waals surface area contributed by atoms with E-state index in [-0.39, 0.29) is 0 Å². The smallest absolute Gasteiger partial charge is 0.0190 e. The normalized spacial score (nSPS) is 12.4. The third-order valence-corrected chi connectivity index (χ3v) is 3.42. The van der Waals surface area contributed by atoms with Gasteiger partial charge in [0.25, 0.3) is 0 Å². The molecule has 0 saturated carbocycles. The molecule has 0 saturated heterocycles. The first kappa shape index (κ1) is 15.9. The van der Waals surface area contributed by atoms with Crippen LogP contribution in [0.2, 0.25) is 0 Å². The maximum absolute atomic E-state index is 2.47. The quantitative estimate of drug-likeness (QED) is 0.707. The van der Waals surface area contributed by atoms with E-state index in [4.69, 9.17) is 0 Å². The molecule has 0 aromatic heterocycles. The summed E-state index contributed by atoms with van der Waals surface area (Å²) in [5, 5.41) is 0. The summed E-state index contributed by atoms with van der Waals surface area (Å²) in [5.74, 6) is 0. The molecule has 0 atom stereocenters. The van der Waals surface area contributed by atoms with Gasteiger partial charge < -0.3 is 9.80 Å². The van der Waals surface area contributed by atoms with Crippen molar-refractivity contribution >= 4 is 6.08 Å². The van der Waals surface area contributed by atoms with Gasteiger partial charge in [0.1, 0.15) is 0 Å². The van der Waals surface area contributed by atoms with Crippen LogP contribution >= 0.6 is 0 Å². The van der Waals surface area contributed by atoms with Crippen LogP contribution in [0, 0.1) is 0 Å². The second kappa shape index (κ2) is 8.89. The standard InChI is InChI=1S/C17H28N2/c1-5-19(6-2)13-12-18(4)15-16(3)14-17-10-8-7-9-11-17/h7-11,14H,5-6,12-13,15H2,1-4H3/b16-14-. The van der Waals surface area contributed by atoms with E-state index < -0.39 is 0 Å². The predicted octanol–water partition coefficient (Wildman–Crippen LogP) is 3.36. The fourth-order valence-electron chi connectivity index (χ4n) is 2.24. The molecule has 0 unspecified atom stereocenters. The number of benzene rings is 1. The minimum atomic E-state index is 1.04. The van der Waals surface area contributed by atoms with Gasteiger partial charge in [-0.15, -0.1) is 0 Å². The zero-order valence-electron chi connectivity index (χ0n) is 12.9. The molecule has 0 aliphatic rings. The van der Waals surface area contributed by atoms with Gasteiger partial charge in [0, 0.05) is 19.6 Å². The summed E-state index contributed by atoms with van der Waals surface area (Å²) in [5.41, 5.74) is 2.70. The Morgan fingerprint density at radius 1 is 1.05 bits per heavy atom. The van der Waals surface area contributed by atoms with Gasteiger partial charge in [-0.3, -0.25) is 0 Å². The summed E-state index contributed by atoms with van der Waals surface area (Å²) < 4.78 is 0. The number of hydrogen-bond donors (Lipinski definition) is 0. The molecule has 0 aliphatic carbocycles. The van der Waals surface area contributed by atoms with Crippen LogP contribution in [0.25, 0.3) is 6.08 Å². The molecular weight excluding hydrogens is 232 g/mol. The lowest BCUT2D eigenvalue weighted by Crippen LogP contribution is -2.33. The van der Waals surface area contributed by atoms with E-state index in [9.17, 15) is 0 Å². The molecule has 2 nitrogen and oxygen atoms in total. The van der Waals surface area contributed by atoms with Gasteiger partial charge in [-0.1, -0.05) is 55.8 Å². The first-order valence-electron chi connectivity index (χ1n) is 7.28. The lowest BCUT2D eigenvalue weighted by molar-refractivity contribution is 0.249. The Morgan fingerprint density at radius 3 is 2.26 bits per heavy atom. The highest BCUT2D eigenvalue weighted by atomic mass is 15.2. The van der Waals surface area contributed by atoms with Crippen molar-refractivity contribution in [2.24, 2.45) is 0 Å². The Hall–Kier alpha value is -1.12. The summed E-state index contributed by atoms with van der Waals surface area (Å²) in [6.07, 6.45) is 2.27. The number of hydrogen-bond acceptors (Lipinski definition) is 2. The molecule has 0 amide bonds. The van der Waals surface area contributed by atoms with E-state index in [0.29, 0.717) is 0 Å². The molecule has 0 bridgehead atoms. The SMILES string of the molecule is CCN(CC)CCN(C)C/C(C)=C\c1ccccc1. The van der Waals surface area contributed by atoms with Gasteiger partial charge in [0.2, 0.25) is 0 Å². The van der Waals surface area contributed by atoms with Gasteiger partial charge in [-0.05, 0) is 32.6 Å². The Morgan fingerprint density at radius 2 is 1.68 bits per heavy atom. The highest BCUT2D eigenvalue weighted by molar-refractivity contribution is 5.52. The molecule has 0 fully saturated rings. The lowest BCUT2D eigenvalue weighted by atomic mass is 10.1. The molecule has 2 heteroatoms. The van der Waals surface area contributed by atoms with E-state index in [1.54, 1.807) is 0 Å². The van der Waals surface area contributed by atoms with Gasteiger partial charge in [-0.25, -0.2) is 0 Å². The van der Waals surface area contributed by atoms with Crippen molar-refractivity contribution in [3.63, 3.8) is 0 Å². The minimum absolute atomic E-state index is 1.04. The van der Waals surface area contributed by atoms with Crippen LogP contribution in [0.15, 0.2) is 35.9 Å². The molecule has 0 spiro atoms. The molecule has 1 aromatic carbocycles. The van der Waals surface area contributed by atoms with Crippen molar-refractivity contribution in [1.82, 2.24) is 9.80 Å². The Kier molecular flexibility index (Phi) is 7.46. The molecule has 0 aliphatic heterocycles. The van der Waals surface area contributed by atoms with Crippen LogP contribution in [-0.2, 0) is 0 Å². The number of nitrogens with zero attached hydrogens (tertiary/aromatic N) is 2. The number of likely N-dealkylation sites (N-methyl/N-ethyl adjacent to an activating group) is 2.